The van der Waals surface area contributed by atoms with Crippen LogP contribution in [0.5, 0.6) is 11.5 Å². The Labute approximate surface area is 215 Å². The molecule has 10 heteroatoms. The van der Waals surface area contributed by atoms with Gasteiger partial charge in [0.1, 0.15) is 29.5 Å². The molecule has 1 saturated carbocycles. The molecular weight excluding hydrogens is 476 g/mol. The van der Waals surface area contributed by atoms with Crippen LogP contribution >= 0.6 is 0 Å². The SMILES string of the molecule is Cc1ccc(OC(=O)OCc2c(-c3ccc(O[C@H]4CCCC(C(=O)OC(C)C)C4)cn3)nnn2C)cc1. The zero-order valence-corrected chi connectivity index (χ0v) is 21.5. The Morgan fingerprint density at radius 1 is 1.08 bits per heavy atom. The van der Waals surface area contributed by atoms with E-state index in [4.69, 9.17) is 18.9 Å². The third-order valence-electron chi connectivity index (χ3n) is 6.08. The van der Waals surface area contributed by atoms with Crippen molar-refractivity contribution >= 4 is 12.1 Å². The number of aryl methyl sites for hydroxylation is 2. The Morgan fingerprint density at radius 3 is 2.54 bits per heavy atom. The lowest BCUT2D eigenvalue weighted by molar-refractivity contribution is -0.154. The summed E-state index contributed by atoms with van der Waals surface area (Å²) in [5.74, 6) is 0.706. The molecule has 1 unspecified atom stereocenters. The zero-order chi connectivity index (χ0) is 26.4. The number of benzene rings is 1. The van der Waals surface area contributed by atoms with Gasteiger partial charge in [-0.3, -0.25) is 9.78 Å². The van der Waals surface area contributed by atoms with Gasteiger partial charge in [0, 0.05) is 7.05 Å². The van der Waals surface area contributed by atoms with Crippen molar-refractivity contribution in [3.63, 3.8) is 0 Å². The molecule has 37 heavy (non-hydrogen) atoms. The van der Waals surface area contributed by atoms with Crippen molar-refractivity contribution in [2.75, 3.05) is 0 Å². The van der Waals surface area contributed by atoms with Gasteiger partial charge in [-0.15, -0.1) is 5.10 Å². The van der Waals surface area contributed by atoms with E-state index in [1.54, 1.807) is 31.4 Å². The van der Waals surface area contributed by atoms with Crippen LogP contribution in [0.25, 0.3) is 11.4 Å². The summed E-state index contributed by atoms with van der Waals surface area (Å²) in [6.07, 6.45) is 3.82. The molecule has 2 heterocycles. The number of aromatic nitrogens is 4. The quantitative estimate of drug-likeness (QED) is 0.313. The predicted octanol–water partition coefficient (Wildman–Crippen LogP) is 4.79. The molecule has 4 rings (SSSR count). The van der Waals surface area contributed by atoms with Crippen molar-refractivity contribution in [1.29, 1.82) is 0 Å². The van der Waals surface area contributed by atoms with Crippen LogP contribution in [0.3, 0.4) is 0 Å². The van der Waals surface area contributed by atoms with E-state index in [2.05, 4.69) is 15.3 Å². The zero-order valence-electron chi connectivity index (χ0n) is 21.5. The number of ether oxygens (including phenoxy) is 4. The highest BCUT2D eigenvalue weighted by Crippen LogP contribution is 2.30. The summed E-state index contributed by atoms with van der Waals surface area (Å²) >= 11 is 0. The fourth-order valence-corrected chi connectivity index (χ4v) is 4.17. The molecule has 1 aromatic carbocycles. The number of hydrogen-bond donors (Lipinski definition) is 0. The molecule has 0 aliphatic heterocycles. The van der Waals surface area contributed by atoms with E-state index in [0.717, 1.165) is 24.8 Å². The molecule has 0 amide bonds. The molecule has 0 bridgehead atoms. The first kappa shape index (κ1) is 26.1. The second-order valence-electron chi connectivity index (χ2n) is 9.43. The van der Waals surface area contributed by atoms with Crippen LogP contribution in [-0.2, 0) is 27.9 Å². The number of nitrogens with zero attached hydrogens (tertiary/aromatic N) is 4. The molecule has 10 nitrogen and oxygen atoms in total. The lowest BCUT2D eigenvalue weighted by atomic mass is 9.87. The molecule has 196 valence electrons. The Kier molecular flexibility index (Phi) is 8.37. The van der Waals surface area contributed by atoms with Crippen LogP contribution in [-0.4, -0.2) is 44.3 Å². The number of carbonyl (C=O) groups is 2. The molecule has 0 radical (unpaired) electrons. The van der Waals surface area contributed by atoms with Gasteiger partial charge in [-0.25, -0.2) is 9.48 Å². The normalized spacial score (nSPS) is 17.3. The monoisotopic (exact) mass is 508 g/mol. The highest BCUT2D eigenvalue weighted by Gasteiger charge is 2.30. The van der Waals surface area contributed by atoms with Gasteiger partial charge in [0.05, 0.1) is 30.0 Å². The van der Waals surface area contributed by atoms with E-state index in [1.807, 2.05) is 39.0 Å². The molecule has 2 aromatic heterocycles. The third-order valence-corrected chi connectivity index (χ3v) is 6.08. The summed E-state index contributed by atoms with van der Waals surface area (Å²) < 4.78 is 23.5. The highest BCUT2D eigenvalue weighted by atomic mass is 16.7. The summed E-state index contributed by atoms with van der Waals surface area (Å²) in [6.45, 7) is 5.57. The number of hydrogen-bond acceptors (Lipinski definition) is 9. The van der Waals surface area contributed by atoms with Crippen molar-refractivity contribution in [2.24, 2.45) is 13.0 Å². The number of esters is 1. The molecular formula is C27H32N4O6. The van der Waals surface area contributed by atoms with E-state index in [9.17, 15) is 9.59 Å². The molecule has 0 saturated heterocycles. The number of pyridine rings is 1. The fraction of sp³-hybridized carbons (Fsp3) is 0.444. The first-order valence-electron chi connectivity index (χ1n) is 12.4. The van der Waals surface area contributed by atoms with Gasteiger partial charge in [0.15, 0.2) is 0 Å². The van der Waals surface area contributed by atoms with Crippen molar-refractivity contribution in [3.05, 3.63) is 53.9 Å². The Hall–Kier alpha value is -3.95. The minimum absolute atomic E-state index is 0.0777. The summed E-state index contributed by atoms with van der Waals surface area (Å²) in [7, 11) is 1.71. The lowest BCUT2D eigenvalue weighted by Crippen LogP contribution is -2.31. The predicted molar refractivity (Wildman–Crippen MR) is 134 cm³/mol. The Morgan fingerprint density at radius 2 is 1.84 bits per heavy atom. The van der Waals surface area contributed by atoms with Crippen LogP contribution in [0.15, 0.2) is 42.6 Å². The maximum Gasteiger partial charge on any atom is 0.514 e. The van der Waals surface area contributed by atoms with Crippen LogP contribution in [0.2, 0.25) is 0 Å². The second kappa shape index (κ2) is 11.9. The van der Waals surface area contributed by atoms with Gasteiger partial charge in [-0.2, -0.15) is 0 Å². The van der Waals surface area contributed by atoms with Crippen molar-refractivity contribution in [3.8, 4) is 22.9 Å². The maximum absolute atomic E-state index is 12.3. The molecule has 1 aliphatic rings. The first-order chi connectivity index (χ1) is 17.8. The van der Waals surface area contributed by atoms with Gasteiger partial charge in [-0.1, -0.05) is 22.9 Å². The largest absolute Gasteiger partial charge is 0.514 e. The van der Waals surface area contributed by atoms with E-state index < -0.39 is 6.16 Å². The molecule has 3 aromatic rings. The van der Waals surface area contributed by atoms with E-state index in [-0.39, 0.29) is 30.7 Å². The molecule has 0 N–H and O–H groups in total. The topological polar surface area (TPSA) is 115 Å². The average Bonchev–Trinajstić information content (AvgIpc) is 3.24. The van der Waals surface area contributed by atoms with Gasteiger partial charge in [-0.05, 0) is 70.7 Å². The maximum atomic E-state index is 12.3. The minimum Gasteiger partial charge on any atom is -0.489 e. The smallest absolute Gasteiger partial charge is 0.489 e. The molecule has 1 fully saturated rings. The fourth-order valence-electron chi connectivity index (χ4n) is 4.17. The third kappa shape index (κ3) is 7.05. The standard InChI is InChI=1S/C27H32N4O6/c1-17(2)35-26(32)19-6-5-7-21(14-19)36-22-12-13-23(28-15-22)25-24(31(4)30-29-25)16-34-27(33)37-20-10-8-18(3)9-11-20/h8-13,15,17,19,21H,5-7,14,16H2,1-4H3/t19?,21-/m0/s1. The average molecular weight is 509 g/mol. The van der Waals surface area contributed by atoms with Crippen LogP contribution < -0.4 is 9.47 Å². The van der Waals surface area contributed by atoms with Crippen molar-refractivity contribution < 1.29 is 28.5 Å². The Bertz CT molecular complexity index is 1210. The summed E-state index contributed by atoms with van der Waals surface area (Å²) in [5.41, 5.74) is 2.68. The molecule has 2 atom stereocenters. The van der Waals surface area contributed by atoms with Crippen LogP contribution in [0, 0.1) is 12.8 Å². The van der Waals surface area contributed by atoms with Gasteiger partial charge < -0.3 is 18.9 Å². The first-order valence-corrected chi connectivity index (χ1v) is 12.4. The van der Waals surface area contributed by atoms with Gasteiger partial charge >= 0.3 is 12.1 Å². The number of carbonyl (C=O) groups excluding carboxylic acids is 2. The van der Waals surface area contributed by atoms with Crippen molar-refractivity contribution in [1.82, 2.24) is 20.0 Å². The van der Waals surface area contributed by atoms with E-state index in [0.29, 0.717) is 35.0 Å². The van der Waals surface area contributed by atoms with Crippen molar-refractivity contribution in [2.45, 2.75) is 65.3 Å². The lowest BCUT2D eigenvalue weighted by Gasteiger charge is -2.28. The van der Waals surface area contributed by atoms with E-state index in [1.165, 1.54) is 4.68 Å². The van der Waals surface area contributed by atoms with Gasteiger partial charge in [0.25, 0.3) is 0 Å². The Balaban J connectivity index is 1.35. The second-order valence-corrected chi connectivity index (χ2v) is 9.43. The number of rotatable bonds is 8. The summed E-state index contributed by atoms with van der Waals surface area (Å²) in [5, 5.41) is 8.23. The molecule has 0 spiro atoms. The van der Waals surface area contributed by atoms with Gasteiger partial charge in [0.2, 0.25) is 0 Å². The minimum atomic E-state index is -0.823. The summed E-state index contributed by atoms with van der Waals surface area (Å²) in [4.78, 5) is 28.9. The van der Waals surface area contributed by atoms with Crippen LogP contribution in [0.4, 0.5) is 4.79 Å². The summed E-state index contributed by atoms with van der Waals surface area (Å²) in [6, 6.07) is 10.7. The molecule has 1 aliphatic carbocycles. The van der Waals surface area contributed by atoms with E-state index >= 15 is 0 Å². The van der Waals surface area contributed by atoms with Crippen LogP contribution in [0.1, 0.15) is 50.8 Å². The highest BCUT2D eigenvalue weighted by molar-refractivity contribution is 5.72.